The summed E-state index contributed by atoms with van der Waals surface area (Å²) in [7, 11) is -2.18. The minimum absolute atomic E-state index is 0.230. The summed E-state index contributed by atoms with van der Waals surface area (Å²) in [5.41, 5.74) is 3.44. The third kappa shape index (κ3) is 5.10. The molecule has 1 heterocycles. The van der Waals surface area contributed by atoms with Crippen LogP contribution >= 0.6 is 16.1 Å². The molecule has 0 aromatic heterocycles. The van der Waals surface area contributed by atoms with Gasteiger partial charge in [-0.05, 0) is 69.1 Å². The molecule has 1 aliphatic carbocycles. The predicted octanol–water partition coefficient (Wildman–Crippen LogP) is 9.23. The average molecular weight is 544 g/mol. The third-order valence-corrected chi connectivity index (χ3v) is 14.7. The number of hydrogen-bond donors (Lipinski definition) is 0. The van der Waals surface area contributed by atoms with Gasteiger partial charge in [-0.25, -0.2) is 13.2 Å². The number of nitrogens with zero attached hydrogens (tertiary/aromatic N) is 1. The molecule has 0 N–H and O–H groups in total. The van der Waals surface area contributed by atoms with Crippen molar-refractivity contribution in [3.05, 3.63) is 132 Å². The Morgan fingerprint density at radius 2 is 0.974 bits per heavy atom. The van der Waals surface area contributed by atoms with Gasteiger partial charge in [0.1, 0.15) is 11.6 Å². The first-order valence-corrected chi connectivity index (χ1v) is 16.4. The van der Waals surface area contributed by atoms with Gasteiger partial charge in [0.15, 0.2) is 0 Å². The van der Waals surface area contributed by atoms with E-state index < -0.39 is 16.1 Å². The molecule has 1 aliphatic heterocycles. The number of benzene rings is 4. The Balaban J connectivity index is 1.57. The van der Waals surface area contributed by atoms with Gasteiger partial charge < -0.3 is 0 Å². The van der Waals surface area contributed by atoms with Crippen LogP contribution in [0.2, 0.25) is 0 Å². The van der Waals surface area contributed by atoms with Crippen LogP contribution in [0.3, 0.4) is 0 Å². The summed E-state index contributed by atoms with van der Waals surface area (Å²) >= 11 is 0. The van der Waals surface area contributed by atoms with Gasteiger partial charge in [0.2, 0.25) is 0 Å². The van der Waals surface area contributed by atoms with Gasteiger partial charge in [0.05, 0.1) is 0 Å². The van der Waals surface area contributed by atoms with E-state index in [0.717, 1.165) is 25.7 Å². The fourth-order valence-electron chi connectivity index (χ4n) is 6.26. The van der Waals surface area contributed by atoms with Crippen molar-refractivity contribution >= 4 is 26.8 Å². The van der Waals surface area contributed by atoms with Crippen molar-refractivity contribution < 1.29 is 8.78 Å². The largest absolute Gasteiger partial charge is 0.248 e. The predicted molar refractivity (Wildman–Crippen MR) is 158 cm³/mol. The zero-order valence-corrected chi connectivity index (χ0v) is 23.3. The standard InChI is InChI=1S/C33H33F2NP2/c34-28-19-9-11-21-32(28)38(33-22-12-10-20-29(33)35)36(27-17-7-8-18-27)37-30(25-13-3-1-4-14-25)23-24-31(37)26-15-5-2-6-16-26/h1-6,9-16,19-22,27,30-31H,7-8,17-18,23-24H2/t30-,31-/m1/s1. The first-order chi connectivity index (χ1) is 18.7. The average Bonchev–Trinajstić information content (AvgIpc) is 3.65. The Morgan fingerprint density at radius 1 is 0.553 bits per heavy atom. The molecule has 1 nitrogen and oxygen atoms in total. The Kier molecular flexibility index (Phi) is 7.98. The van der Waals surface area contributed by atoms with Gasteiger partial charge in [-0.1, -0.05) is 97.8 Å². The van der Waals surface area contributed by atoms with Gasteiger partial charge >= 0.3 is 0 Å². The molecule has 4 aromatic carbocycles. The zero-order valence-electron chi connectivity index (χ0n) is 21.5. The van der Waals surface area contributed by atoms with Crippen molar-refractivity contribution in [3.8, 4) is 0 Å². The van der Waals surface area contributed by atoms with E-state index in [2.05, 4.69) is 65.1 Å². The molecule has 0 radical (unpaired) electrons. The summed E-state index contributed by atoms with van der Waals surface area (Å²) in [6.45, 7) is 0. The van der Waals surface area contributed by atoms with Crippen LogP contribution in [-0.2, 0) is 0 Å². The Hall–Kier alpha value is -2.44. The van der Waals surface area contributed by atoms with E-state index in [0.29, 0.717) is 28.0 Å². The van der Waals surface area contributed by atoms with Gasteiger partial charge in [-0.2, -0.15) is 0 Å². The Bertz CT molecular complexity index is 1250. The molecule has 1 saturated heterocycles. The molecule has 194 valence electrons. The van der Waals surface area contributed by atoms with E-state index in [1.54, 1.807) is 24.3 Å². The third-order valence-electron chi connectivity index (χ3n) is 7.97. The second-order valence-electron chi connectivity index (χ2n) is 10.3. The van der Waals surface area contributed by atoms with Crippen LogP contribution in [0.25, 0.3) is 0 Å². The smallest absolute Gasteiger partial charge is 0.132 e. The Morgan fingerprint density at radius 3 is 1.42 bits per heavy atom. The number of halogens is 2. The lowest BCUT2D eigenvalue weighted by atomic mass is 10.0. The highest BCUT2D eigenvalue weighted by Crippen LogP contribution is 2.77. The molecule has 2 atom stereocenters. The maximum absolute atomic E-state index is 15.7. The topological polar surface area (TPSA) is 3.24 Å². The van der Waals surface area contributed by atoms with Gasteiger partial charge in [-0.15, -0.1) is 0 Å². The van der Waals surface area contributed by atoms with E-state index in [1.807, 2.05) is 24.3 Å². The van der Waals surface area contributed by atoms with Crippen LogP contribution in [0.5, 0.6) is 0 Å². The van der Waals surface area contributed by atoms with E-state index in [9.17, 15) is 0 Å². The van der Waals surface area contributed by atoms with Gasteiger partial charge in [0.25, 0.3) is 0 Å². The molecule has 5 heteroatoms. The fraction of sp³-hybridized carbons (Fsp3) is 0.273. The molecular weight excluding hydrogens is 510 g/mol. The first-order valence-electron chi connectivity index (χ1n) is 13.7. The molecule has 0 amide bonds. The normalized spacial score (nSPS) is 20.5. The Labute approximate surface area is 227 Å². The lowest BCUT2D eigenvalue weighted by Gasteiger charge is -2.46. The molecule has 1 saturated carbocycles. The van der Waals surface area contributed by atoms with Crippen LogP contribution in [0.4, 0.5) is 8.78 Å². The second-order valence-corrected chi connectivity index (χ2v) is 15.1. The van der Waals surface area contributed by atoms with Crippen molar-refractivity contribution in [2.45, 2.75) is 55.9 Å². The summed E-state index contributed by atoms with van der Waals surface area (Å²) in [5, 5.41) is 1.29. The lowest BCUT2D eigenvalue weighted by Crippen LogP contribution is -2.35. The van der Waals surface area contributed by atoms with Gasteiger partial charge in [0, 0.05) is 36.0 Å². The maximum Gasteiger partial charge on any atom is 0.132 e. The van der Waals surface area contributed by atoms with Crippen molar-refractivity contribution in [2.75, 3.05) is 0 Å². The van der Waals surface area contributed by atoms with E-state index >= 15 is 8.78 Å². The van der Waals surface area contributed by atoms with E-state index in [1.165, 1.54) is 24.0 Å². The number of rotatable bonds is 7. The molecule has 4 aromatic rings. The molecule has 2 aliphatic rings. The minimum Gasteiger partial charge on any atom is -0.248 e. The van der Waals surface area contributed by atoms with Crippen molar-refractivity contribution in [1.29, 1.82) is 0 Å². The fourth-order valence-corrected chi connectivity index (χ4v) is 14.1. The molecule has 38 heavy (non-hydrogen) atoms. The van der Waals surface area contributed by atoms with Crippen LogP contribution in [0.1, 0.15) is 61.0 Å². The van der Waals surface area contributed by atoms with Crippen LogP contribution in [0.15, 0.2) is 109 Å². The van der Waals surface area contributed by atoms with Crippen molar-refractivity contribution in [3.63, 3.8) is 0 Å². The van der Waals surface area contributed by atoms with Crippen molar-refractivity contribution in [2.24, 2.45) is 0 Å². The molecule has 0 bridgehead atoms. The molecule has 2 fully saturated rings. The molecular formula is C33H33F2NP2. The highest BCUT2D eigenvalue weighted by atomic mass is 31.2. The molecule has 0 spiro atoms. The quantitative estimate of drug-likeness (QED) is 0.210. The second kappa shape index (κ2) is 11.7. The monoisotopic (exact) mass is 543 g/mol. The summed E-state index contributed by atoms with van der Waals surface area (Å²) in [5.74, 6) is -0.460. The van der Waals surface area contributed by atoms with Crippen LogP contribution in [-0.4, -0.2) is 10.5 Å². The summed E-state index contributed by atoms with van der Waals surface area (Å²) < 4.78 is 34.1. The van der Waals surface area contributed by atoms with Gasteiger partial charge in [-0.3, -0.25) is 0 Å². The zero-order chi connectivity index (χ0) is 25.9. The SMILES string of the molecule is Fc1ccccc1P(c1ccccc1F)N(C1CCCC1)P1[C@@H](c2ccccc2)CC[C@@H]1c1ccccc1. The van der Waals surface area contributed by atoms with E-state index in [4.69, 9.17) is 0 Å². The van der Waals surface area contributed by atoms with E-state index in [-0.39, 0.29) is 11.6 Å². The highest BCUT2D eigenvalue weighted by molar-refractivity contribution is 7.79. The summed E-state index contributed by atoms with van der Waals surface area (Å²) in [6.07, 6.45) is 6.71. The maximum atomic E-state index is 15.7. The van der Waals surface area contributed by atoms with Crippen LogP contribution in [0, 0.1) is 11.6 Å². The molecule has 0 unspecified atom stereocenters. The van der Waals surface area contributed by atoms with Crippen molar-refractivity contribution in [1.82, 2.24) is 4.44 Å². The first kappa shape index (κ1) is 25.8. The lowest BCUT2D eigenvalue weighted by molar-refractivity contribution is 0.498. The minimum atomic E-state index is -1.40. The summed E-state index contributed by atoms with van der Waals surface area (Å²) in [6, 6.07) is 36.2. The summed E-state index contributed by atoms with van der Waals surface area (Å²) in [4.78, 5) is 0. The highest BCUT2D eigenvalue weighted by Gasteiger charge is 2.47. The number of hydrogen-bond acceptors (Lipinski definition) is 1. The van der Waals surface area contributed by atoms with Crippen LogP contribution < -0.4 is 10.6 Å². The molecule has 6 rings (SSSR count).